The fourth-order valence-corrected chi connectivity index (χ4v) is 4.53. The molecule has 1 amide bonds. The van der Waals surface area contributed by atoms with Gasteiger partial charge in [0.1, 0.15) is 5.54 Å². The lowest BCUT2D eigenvalue weighted by molar-refractivity contribution is -0.122. The van der Waals surface area contributed by atoms with E-state index >= 15 is 0 Å². The zero-order chi connectivity index (χ0) is 20.4. The van der Waals surface area contributed by atoms with Crippen LogP contribution in [0, 0.1) is 20.8 Å². The van der Waals surface area contributed by atoms with E-state index in [1.807, 2.05) is 25.1 Å². The van der Waals surface area contributed by atoms with Crippen LogP contribution in [0.4, 0.5) is 0 Å². The van der Waals surface area contributed by atoms with Crippen LogP contribution in [0.1, 0.15) is 67.1 Å². The van der Waals surface area contributed by atoms with Gasteiger partial charge in [-0.2, -0.15) is 4.98 Å². The van der Waals surface area contributed by atoms with E-state index in [-0.39, 0.29) is 5.91 Å². The molecule has 1 fully saturated rings. The van der Waals surface area contributed by atoms with Gasteiger partial charge in [-0.15, -0.1) is 0 Å². The minimum atomic E-state index is -0.544. The smallest absolute Gasteiger partial charge is 0.225 e. The average Bonchev–Trinajstić information content (AvgIpc) is 3.01. The van der Waals surface area contributed by atoms with Gasteiger partial charge in [0.2, 0.25) is 11.8 Å². The number of para-hydroxylation sites is 1. The van der Waals surface area contributed by atoms with Gasteiger partial charge in [-0.05, 0) is 43.9 Å². The number of hydrogen-bond donors (Lipinski definition) is 1. The molecule has 2 aromatic heterocycles. The van der Waals surface area contributed by atoms with Gasteiger partial charge in [0.05, 0.1) is 11.9 Å². The first kappa shape index (κ1) is 19.6. The van der Waals surface area contributed by atoms with Crippen molar-refractivity contribution in [2.75, 3.05) is 0 Å². The number of nitrogens with one attached hydrogen (secondary N) is 1. The maximum Gasteiger partial charge on any atom is 0.225 e. The van der Waals surface area contributed by atoms with Crippen LogP contribution in [0.2, 0.25) is 0 Å². The van der Waals surface area contributed by atoms with Crippen LogP contribution in [0.25, 0.3) is 10.9 Å². The van der Waals surface area contributed by atoms with Crippen molar-refractivity contribution in [3.05, 3.63) is 52.8 Å². The predicted octanol–water partition coefficient (Wildman–Crippen LogP) is 4.45. The Morgan fingerprint density at radius 1 is 1.07 bits per heavy atom. The van der Waals surface area contributed by atoms with Crippen LogP contribution in [0.5, 0.6) is 0 Å². The predicted molar refractivity (Wildman–Crippen MR) is 111 cm³/mol. The first-order valence-electron chi connectivity index (χ1n) is 10.5. The molecule has 1 N–H and O–H groups in total. The van der Waals surface area contributed by atoms with Crippen LogP contribution in [0.3, 0.4) is 0 Å². The normalized spacial score (nSPS) is 16.5. The molecule has 0 aliphatic heterocycles. The van der Waals surface area contributed by atoms with Crippen LogP contribution in [-0.4, -0.2) is 21.0 Å². The monoisotopic (exact) mass is 392 g/mol. The van der Waals surface area contributed by atoms with Crippen molar-refractivity contribution in [1.82, 2.24) is 20.4 Å². The van der Waals surface area contributed by atoms with E-state index in [2.05, 4.69) is 28.4 Å². The fourth-order valence-electron chi connectivity index (χ4n) is 4.53. The molecule has 0 spiro atoms. The van der Waals surface area contributed by atoms with E-state index in [0.717, 1.165) is 53.4 Å². The molecule has 0 unspecified atom stereocenters. The Labute approximate surface area is 171 Å². The van der Waals surface area contributed by atoms with E-state index < -0.39 is 5.54 Å². The van der Waals surface area contributed by atoms with Gasteiger partial charge in [0, 0.05) is 18.0 Å². The standard InChI is InChI=1S/C23H28N4O2/c1-15-18-10-6-7-11-20(18)24-16(2)19(15)14-21(28)26-23(12-8-4-5-9-13-23)22-25-17(3)29-27-22/h6-7,10-11H,4-5,8-9,12-14H2,1-3H3,(H,26,28). The summed E-state index contributed by atoms with van der Waals surface area (Å²) in [5.41, 5.74) is 3.44. The van der Waals surface area contributed by atoms with Gasteiger partial charge >= 0.3 is 0 Å². The Morgan fingerprint density at radius 2 is 1.79 bits per heavy atom. The second-order valence-corrected chi connectivity index (χ2v) is 8.18. The molecule has 29 heavy (non-hydrogen) atoms. The number of carbonyl (C=O) groups excluding carboxylic acids is 1. The molecule has 0 atom stereocenters. The first-order chi connectivity index (χ1) is 14.0. The van der Waals surface area contributed by atoms with E-state index in [1.54, 1.807) is 6.92 Å². The lowest BCUT2D eigenvalue weighted by atomic mass is 9.88. The number of hydrogen-bond acceptors (Lipinski definition) is 5. The molecule has 1 saturated carbocycles. The summed E-state index contributed by atoms with van der Waals surface area (Å²) in [7, 11) is 0. The molecule has 0 radical (unpaired) electrons. The third kappa shape index (κ3) is 3.88. The molecule has 1 aliphatic rings. The van der Waals surface area contributed by atoms with Crippen LogP contribution in [0.15, 0.2) is 28.8 Å². The minimum absolute atomic E-state index is 0.0161. The number of aryl methyl sites for hydroxylation is 3. The van der Waals surface area contributed by atoms with Gasteiger partial charge in [-0.3, -0.25) is 9.78 Å². The molecule has 1 aliphatic carbocycles. The maximum absolute atomic E-state index is 13.2. The molecular formula is C23H28N4O2. The van der Waals surface area contributed by atoms with Gasteiger partial charge in [-0.1, -0.05) is 49.0 Å². The summed E-state index contributed by atoms with van der Waals surface area (Å²) in [6, 6.07) is 8.07. The largest absolute Gasteiger partial charge is 0.343 e. The molecule has 152 valence electrons. The van der Waals surface area contributed by atoms with Gasteiger partial charge in [0.25, 0.3) is 0 Å². The third-order valence-corrected chi connectivity index (χ3v) is 6.11. The molecule has 4 rings (SSSR count). The van der Waals surface area contributed by atoms with Gasteiger partial charge in [0.15, 0.2) is 5.82 Å². The molecular weight excluding hydrogens is 364 g/mol. The highest BCUT2D eigenvalue weighted by Gasteiger charge is 2.38. The van der Waals surface area contributed by atoms with Gasteiger partial charge < -0.3 is 9.84 Å². The molecule has 6 heteroatoms. The third-order valence-electron chi connectivity index (χ3n) is 6.11. The lowest BCUT2D eigenvalue weighted by Gasteiger charge is -2.31. The summed E-state index contributed by atoms with van der Waals surface area (Å²) >= 11 is 0. The molecule has 6 nitrogen and oxygen atoms in total. The van der Waals surface area contributed by atoms with Crippen LogP contribution >= 0.6 is 0 Å². The van der Waals surface area contributed by atoms with Gasteiger partial charge in [-0.25, -0.2) is 0 Å². The van der Waals surface area contributed by atoms with Crippen molar-refractivity contribution in [3.8, 4) is 0 Å². The van der Waals surface area contributed by atoms with E-state index in [9.17, 15) is 4.79 Å². The summed E-state index contributed by atoms with van der Waals surface area (Å²) < 4.78 is 5.25. The molecule has 1 aromatic carbocycles. The second-order valence-electron chi connectivity index (χ2n) is 8.18. The Balaban J connectivity index is 1.63. The number of rotatable bonds is 4. The average molecular weight is 393 g/mol. The van der Waals surface area contributed by atoms with Crippen molar-refractivity contribution in [2.45, 2.75) is 71.3 Å². The van der Waals surface area contributed by atoms with Crippen molar-refractivity contribution in [2.24, 2.45) is 0 Å². The van der Waals surface area contributed by atoms with Crippen molar-refractivity contribution < 1.29 is 9.32 Å². The number of nitrogens with zero attached hydrogens (tertiary/aromatic N) is 3. The quantitative estimate of drug-likeness (QED) is 0.663. The summed E-state index contributed by atoms with van der Waals surface area (Å²) in [5.74, 6) is 1.12. The summed E-state index contributed by atoms with van der Waals surface area (Å²) in [5, 5.41) is 8.57. The highest BCUT2D eigenvalue weighted by atomic mass is 16.5. The minimum Gasteiger partial charge on any atom is -0.343 e. The Morgan fingerprint density at radius 3 is 2.48 bits per heavy atom. The SMILES string of the molecule is Cc1nc(C2(NC(=O)Cc3c(C)nc4ccccc4c3C)CCCCCC2)no1. The Hall–Kier alpha value is -2.76. The number of amides is 1. The van der Waals surface area contributed by atoms with Crippen molar-refractivity contribution in [3.63, 3.8) is 0 Å². The Bertz CT molecular complexity index is 1030. The molecule has 3 aromatic rings. The summed E-state index contributed by atoms with van der Waals surface area (Å²) in [6.45, 7) is 5.84. The van der Waals surface area contributed by atoms with E-state index in [4.69, 9.17) is 9.51 Å². The molecule has 0 bridgehead atoms. The maximum atomic E-state index is 13.2. The highest BCUT2D eigenvalue weighted by Crippen LogP contribution is 2.35. The Kier molecular flexibility index (Phi) is 5.35. The first-order valence-corrected chi connectivity index (χ1v) is 10.5. The number of pyridine rings is 1. The number of aromatic nitrogens is 3. The number of benzene rings is 1. The van der Waals surface area contributed by atoms with E-state index in [1.165, 1.54) is 12.8 Å². The molecule has 2 heterocycles. The van der Waals surface area contributed by atoms with Crippen LogP contribution < -0.4 is 5.32 Å². The van der Waals surface area contributed by atoms with Crippen molar-refractivity contribution >= 4 is 16.8 Å². The highest BCUT2D eigenvalue weighted by molar-refractivity contribution is 5.86. The summed E-state index contributed by atoms with van der Waals surface area (Å²) in [4.78, 5) is 22.4. The van der Waals surface area contributed by atoms with E-state index in [0.29, 0.717) is 18.1 Å². The number of carbonyl (C=O) groups is 1. The number of fused-ring (bicyclic) bond motifs is 1. The zero-order valence-electron chi connectivity index (χ0n) is 17.4. The fraction of sp³-hybridized carbons (Fsp3) is 0.478. The van der Waals surface area contributed by atoms with Crippen LogP contribution in [-0.2, 0) is 16.8 Å². The summed E-state index contributed by atoms with van der Waals surface area (Å²) in [6.07, 6.45) is 6.40. The second kappa shape index (κ2) is 7.93. The zero-order valence-corrected chi connectivity index (χ0v) is 17.4. The lowest BCUT2D eigenvalue weighted by Crippen LogP contribution is -2.47. The topological polar surface area (TPSA) is 80.9 Å². The molecule has 0 saturated heterocycles. The van der Waals surface area contributed by atoms with Crippen molar-refractivity contribution in [1.29, 1.82) is 0 Å².